The molecule has 1 atom stereocenters. The molecule has 0 fully saturated rings. The average molecular weight is 481 g/mol. The Morgan fingerprint density at radius 1 is 0.912 bits per heavy atom. The predicted octanol–water partition coefficient (Wildman–Crippen LogP) is 3.73. The van der Waals surface area contributed by atoms with E-state index in [1.54, 1.807) is 6.07 Å². The largest absolute Gasteiger partial charge is 0.490 e. The summed E-state index contributed by atoms with van der Waals surface area (Å²) in [5.74, 6) is 0.677. The standard InChI is InChI=1S/C26H28N2O5S/c1-19-8-10-21(11-9-19)26(20-6-3-2-4-7-20)28-25(29)14-15-27-34(30,31)22-12-13-23-24(18-22)33-17-5-16-32-23/h2-4,6-13,18,26-27H,5,14-17H2,1H3,(H,28,29). The summed E-state index contributed by atoms with van der Waals surface area (Å²) in [6.45, 7) is 2.97. The maximum atomic E-state index is 12.7. The van der Waals surface area contributed by atoms with E-state index in [0.29, 0.717) is 24.7 Å². The fourth-order valence-corrected chi connectivity index (χ4v) is 4.74. The van der Waals surface area contributed by atoms with Gasteiger partial charge in [0.05, 0.1) is 24.2 Å². The Hall–Kier alpha value is -3.36. The molecule has 4 rings (SSSR count). The number of rotatable bonds is 8. The van der Waals surface area contributed by atoms with Gasteiger partial charge in [-0.05, 0) is 30.2 Å². The Bertz CT molecular complexity index is 1230. The van der Waals surface area contributed by atoms with Crippen molar-refractivity contribution in [1.29, 1.82) is 0 Å². The van der Waals surface area contributed by atoms with Crippen LogP contribution in [0.1, 0.15) is 35.6 Å². The second-order valence-electron chi connectivity index (χ2n) is 8.13. The predicted molar refractivity (Wildman–Crippen MR) is 129 cm³/mol. The van der Waals surface area contributed by atoms with Gasteiger partial charge in [0, 0.05) is 25.5 Å². The zero-order valence-corrected chi connectivity index (χ0v) is 19.8. The van der Waals surface area contributed by atoms with Gasteiger partial charge >= 0.3 is 0 Å². The lowest BCUT2D eigenvalue weighted by Crippen LogP contribution is -2.33. The summed E-state index contributed by atoms with van der Waals surface area (Å²) in [6.07, 6.45) is 0.732. The molecule has 7 nitrogen and oxygen atoms in total. The van der Waals surface area contributed by atoms with Gasteiger partial charge in [-0.3, -0.25) is 4.79 Å². The number of benzene rings is 3. The summed E-state index contributed by atoms with van der Waals surface area (Å²) in [4.78, 5) is 12.8. The van der Waals surface area contributed by atoms with Crippen molar-refractivity contribution in [2.75, 3.05) is 19.8 Å². The minimum Gasteiger partial charge on any atom is -0.490 e. The molecular weight excluding hydrogens is 452 g/mol. The zero-order chi connectivity index (χ0) is 24.0. The maximum Gasteiger partial charge on any atom is 0.240 e. The molecule has 1 amide bonds. The van der Waals surface area contributed by atoms with Crippen LogP contribution >= 0.6 is 0 Å². The third-order valence-electron chi connectivity index (χ3n) is 5.52. The first-order valence-corrected chi connectivity index (χ1v) is 12.7. The van der Waals surface area contributed by atoms with Crippen LogP contribution < -0.4 is 19.5 Å². The summed E-state index contributed by atoms with van der Waals surface area (Å²) in [6, 6.07) is 21.8. The van der Waals surface area contributed by atoms with Gasteiger partial charge in [-0.1, -0.05) is 60.2 Å². The molecule has 1 heterocycles. The van der Waals surface area contributed by atoms with Crippen LogP contribution in [0.4, 0.5) is 0 Å². The molecule has 0 spiro atoms. The molecule has 1 aliphatic rings. The molecule has 3 aromatic rings. The number of hydrogen-bond acceptors (Lipinski definition) is 5. The van der Waals surface area contributed by atoms with Crippen molar-refractivity contribution in [3.8, 4) is 11.5 Å². The molecule has 8 heteroatoms. The van der Waals surface area contributed by atoms with Gasteiger partial charge in [0.2, 0.25) is 15.9 Å². The van der Waals surface area contributed by atoms with Gasteiger partial charge < -0.3 is 14.8 Å². The average Bonchev–Trinajstić information content (AvgIpc) is 3.09. The van der Waals surface area contributed by atoms with E-state index < -0.39 is 10.0 Å². The van der Waals surface area contributed by atoms with E-state index in [2.05, 4.69) is 10.0 Å². The zero-order valence-electron chi connectivity index (χ0n) is 19.0. The van der Waals surface area contributed by atoms with E-state index in [1.807, 2.05) is 61.5 Å². The van der Waals surface area contributed by atoms with Gasteiger partial charge in [-0.2, -0.15) is 0 Å². The fourth-order valence-electron chi connectivity index (χ4n) is 3.69. The molecule has 0 radical (unpaired) electrons. The lowest BCUT2D eigenvalue weighted by Gasteiger charge is -2.20. The van der Waals surface area contributed by atoms with Gasteiger partial charge in [0.1, 0.15) is 0 Å². The van der Waals surface area contributed by atoms with Crippen LogP contribution in [-0.4, -0.2) is 34.1 Å². The SMILES string of the molecule is Cc1ccc(C(NC(=O)CCNS(=O)(=O)c2ccc3c(c2)OCCCO3)c2ccccc2)cc1. The summed E-state index contributed by atoms with van der Waals surface area (Å²) in [5.41, 5.74) is 3.04. The molecule has 0 aromatic heterocycles. The Labute approximate surface area is 200 Å². The number of aryl methyl sites for hydroxylation is 1. The molecule has 1 aliphatic heterocycles. The van der Waals surface area contributed by atoms with Crippen molar-refractivity contribution < 1.29 is 22.7 Å². The number of amides is 1. The van der Waals surface area contributed by atoms with E-state index in [-0.39, 0.29) is 29.8 Å². The van der Waals surface area contributed by atoms with Gasteiger partial charge in [-0.15, -0.1) is 0 Å². The molecule has 178 valence electrons. The van der Waals surface area contributed by atoms with Gasteiger partial charge in [0.25, 0.3) is 0 Å². The topological polar surface area (TPSA) is 93.7 Å². The Morgan fingerprint density at radius 3 is 2.32 bits per heavy atom. The van der Waals surface area contributed by atoms with Crippen molar-refractivity contribution in [3.05, 3.63) is 89.5 Å². The monoisotopic (exact) mass is 480 g/mol. The van der Waals surface area contributed by atoms with E-state index >= 15 is 0 Å². The fraction of sp³-hybridized carbons (Fsp3) is 0.269. The second-order valence-corrected chi connectivity index (χ2v) is 9.90. The number of hydrogen-bond donors (Lipinski definition) is 2. The van der Waals surface area contributed by atoms with Crippen LogP contribution in [0.15, 0.2) is 77.7 Å². The summed E-state index contributed by atoms with van der Waals surface area (Å²) < 4.78 is 39.1. The number of carbonyl (C=O) groups is 1. The second kappa shape index (κ2) is 10.7. The third-order valence-corrected chi connectivity index (χ3v) is 6.98. The van der Waals surface area contributed by atoms with Crippen LogP contribution in [0.3, 0.4) is 0 Å². The van der Waals surface area contributed by atoms with Crippen molar-refractivity contribution in [1.82, 2.24) is 10.0 Å². The van der Waals surface area contributed by atoms with Crippen LogP contribution in [0.5, 0.6) is 11.5 Å². The Morgan fingerprint density at radius 2 is 1.59 bits per heavy atom. The summed E-state index contributed by atoms with van der Waals surface area (Å²) in [5, 5.41) is 3.03. The van der Waals surface area contributed by atoms with E-state index in [1.165, 1.54) is 12.1 Å². The van der Waals surface area contributed by atoms with Crippen LogP contribution in [0.2, 0.25) is 0 Å². The molecule has 0 bridgehead atoms. The molecule has 0 saturated heterocycles. The highest BCUT2D eigenvalue weighted by Crippen LogP contribution is 2.31. The highest BCUT2D eigenvalue weighted by Gasteiger charge is 2.20. The molecule has 34 heavy (non-hydrogen) atoms. The lowest BCUT2D eigenvalue weighted by atomic mass is 9.97. The van der Waals surface area contributed by atoms with Crippen molar-refractivity contribution in [2.24, 2.45) is 0 Å². The number of carbonyl (C=O) groups excluding carboxylic acids is 1. The molecule has 3 aromatic carbocycles. The van der Waals surface area contributed by atoms with E-state index in [4.69, 9.17) is 9.47 Å². The van der Waals surface area contributed by atoms with Crippen LogP contribution in [0, 0.1) is 6.92 Å². The van der Waals surface area contributed by atoms with E-state index in [9.17, 15) is 13.2 Å². The van der Waals surface area contributed by atoms with Crippen molar-refractivity contribution >= 4 is 15.9 Å². The first-order chi connectivity index (χ1) is 16.4. The normalized spacial score (nSPS) is 14.1. The quantitative estimate of drug-likeness (QED) is 0.512. The van der Waals surface area contributed by atoms with E-state index in [0.717, 1.165) is 23.1 Å². The van der Waals surface area contributed by atoms with Gasteiger partial charge in [-0.25, -0.2) is 13.1 Å². The number of ether oxygens (including phenoxy) is 2. The van der Waals surface area contributed by atoms with Crippen molar-refractivity contribution in [3.63, 3.8) is 0 Å². The Balaban J connectivity index is 1.39. The molecule has 1 unspecified atom stereocenters. The number of sulfonamides is 1. The third kappa shape index (κ3) is 5.95. The van der Waals surface area contributed by atoms with Crippen LogP contribution in [0.25, 0.3) is 0 Å². The minimum absolute atomic E-state index is 0.00102. The molecule has 2 N–H and O–H groups in total. The minimum atomic E-state index is -3.80. The maximum absolute atomic E-state index is 12.7. The van der Waals surface area contributed by atoms with Crippen molar-refractivity contribution in [2.45, 2.75) is 30.7 Å². The first-order valence-electron chi connectivity index (χ1n) is 11.2. The smallest absolute Gasteiger partial charge is 0.240 e. The first kappa shape index (κ1) is 23.8. The molecule has 0 saturated carbocycles. The molecular formula is C26H28N2O5S. The number of fused-ring (bicyclic) bond motifs is 1. The van der Waals surface area contributed by atoms with Crippen LogP contribution in [-0.2, 0) is 14.8 Å². The van der Waals surface area contributed by atoms with Gasteiger partial charge in [0.15, 0.2) is 11.5 Å². The number of nitrogens with one attached hydrogen (secondary N) is 2. The summed E-state index contributed by atoms with van der Waals surface area (Å²) >= 11 is 0. The Kier molecular flexibility index (Phi) is 7.49. The highest BCUT2D eigenvalue weighted by molar-refractivity contribution is 7.89. The highest BCUT2D eigenvalue weighted by atomic mass is 32.2. The summed E-state index contributed by atoms with van der Waals surface area (Å²) in [7, 11) is -3.80. The lowest BCUT2D eigenvalue weighted by molar-refractivity contribution is -0.121. The molecule has 0 aliphatic carbocycles.